The van der Waals surface area contributed by atoms with Crippen LogP contribution in [0.2, 0.25) is 0 Å². The van der Waals surface area contributed by atoms with E-state index in [1.165, 1.54) is 103 Å². The number of nitrogens with zero attached hydrogens (tertiary/aromatic N) is 3. The molecule has 0 bridgehead atoms. The van der Waals surface area contributed by atoms with Crippen LogP contribution in [0.15, 0.2) is 152 Å². The van der Waals surface area contributed by atoms with E-state index >= 15 is 0 Å². The minimum atomic E-state index is -0.0349. The van der Waals surface area contributed by atoms with Gasteiger partial charge in [0.05, 0.1) is 22.2 Å². The Morgan fingerprint density at radius 1 is 0.472 bits per heavy atom. The molecule has 1 fully saturated rings. The summed E-state index contributed by atoms with van der Waals surface area (Å²) in [4.78, 5) is 11.3. The summed E-state index contributed by atoms with van der Waals surface area (Å²) in [6.07, 6.45) is 6.11. The highest BCUT2D eigenvalue weighted by Gasteiger charge is 2.46. The zero-order valence-electron chi connectivity index (χ0n) is 29.3. The molecule has 0 saturated heterocycles. The van der Waals surface area contributed by atoms with Crippen LogP contribution in [-0.2, 0) is 5.41 Å². The summed E-state index contributed by atoms with van der Waals surface area (Å²) < 4.78 is 2.45. The Balaban J connectivity index is 1.34. The maximum Gasteiger partial charge on any atom is 0.235 e. The fraction of sp³-hybridized carbons (Fsp3) is 0.120. The van der Waals surface area contributed by atoms with E-state index in [1.807, 2.05) is 0 Å². The van der Waals surface area contributed by atoms with Gasteiger partial charge in [-0.15, -0.1) is 0 Å². The third-order valence-electron chi connectivity index (χ3n) is 12.5. The molecule has 250 valence electrons. The Kier molecular flexibility index (Phi) is 5.99. The second-order valence-electron chi connectivity index (χ2n) is 15.1. The summed E-state index contributed by atoms with van der Waals surface area (Å²) in [5, 5.41) is 11.0. The maximum absolute atomic E-state index is 5.63. The van der Waals surface area contributed by atoms with E-state index in [1.54, 1.807) is 0 Å². The Hall–Kier alpha value is -6.32. The molecule has 0 N–H and O–H groups in total. The van der Waals surface area contributed by atoms with Crippen molar-refractivity contribution in [3.8, 4) is 28.3 Å². The van der Waals surface area contributed by atoms with E-state index in [4.69, 9.17) is 9.97 Å². The van der Waals surface area contributed by atoms with Crippen LogP contribution in [0, 0.1) is 0 Å². The lowest BCUT2D eigenvalue weighted by molar-refractivity contribution is 0.355. The molecule has 2 aromatic heterocycles. The SMILES string of the molecule is c1ccc(-c2nc(-n3c4c5ccccc5ccc4c4c5c(c6ccccc6c43)-c3ccccc3C53CCCCC3)nc3c2ccc2ccccc23)cc1. The highest BCUT2D eigenvalue weighted by molar-refractivity contribution is 6.29. The molecular formula is C50H35N3. The van der Waals surface area contributed by atoms with Crippen molar-refractivity contribution in [1.82, 2.24) is 14.5 Å². The molecule has 0 unspecified atom stereocenters. The van der Waals surface area contributed by atoms with Crippen molar-refractivity contribution >= 4 is 65.0 Å². The van der Waals surface area contributed by atoms with Gasteiger partial charge in [0.25, 0.3) is 0 Å². The van der Waals surface area contributed by atoms with Gasteiger partial charge in [-0.25, -0.2) is 9.97 Å². The van der Waals surface area contributed by atoms with E-state index in [2.05, 4.69) is 156 Å². The highest BCUT2D eigenvalue weighted by atomic mass is 15.2. The number of fused-ring (bicyclic) bond motifs is 17. The van der Waals surface area contributed by atoms with E-state index in [0.29, 0.717) is 5.95 Å². The molecule has 10 aromatic rings. The molecule has 2 heterocycles. The van der Waals surface area contributed by atoms with Crippen molar-refractivity contribution in [3.63, 3.8) is 0 Å². The standard InChI is InChI=1S/C50H35N3/c1-3-17-33(18-4-1)45-40-28-26-31-15-5-7-19-34(31)46(40)52-49(51-45)53-47-35-20-8-6-16-32(35)25-27-39(47)43-44-42(36-21-9-10-22-37(36)48(43)53)38-23-11-12-24-41(38)50(44)29-13-2-14-30-50/h1,3-12,15-28H,2,13-14,29-30H2. The zero-order valence-corrected chi connectivity index (χ0v) is 29.3. The molecule has 12 rings (SSSR count). The van der Waals surface area contributed by atoms with Crippen molar-refractivity contribution in [2.24, 2.45) is 0 Å². The first-order chi connectivity index (χ1) is 26.3. The van der Waals surface area contributed by atoms with Gasteiger partial charge in [-0.2, -0.15) is 0 Å². The molecule has 0 amide bonds. The summed E-state index contributed by atoms with van der Waals surface area (Å²) in [5.41, 5.74) is 11.2. The van der Waals surface area contributed by atoms with Crippen LogP contribution in [-0.4, -0.2) is 14.5 Å². The van der Waals surface area contributed by atoms with Crippen LogP contribution < -0.4 is 0 Å². The topological polar surface area (TPSA) is 30.7 Å². The van der Waals surface area contributed by atoms with Gasteiger partial charge in [0, 0.05) is 43.3 Å². The number of hydrogen-bond donors (Lipinski definition) is 0. The quantitative estimate of drug-likeness (QED) is 0.171. The van der Waals surface area contributed by atoms with Crippen LogP contribution >= 0.6 is 0 Å². The summed E-state index contributed by atoms with van der Waals surface area (Å²) in [7, 11) is 0. The van der Waals surface area contributed by atoms with Crippen molar-refractivity contribution in [2.45, 2.75) is 37.5 Å². The Morgan fingerprint density at radius 3 is 1.92 bits per heavy atom. The molecule has 2 aliphatic carbocycles. The molecule has 53 heavy (non-hydrogen) atoms. The van der Waals surface area contributed by atoms with Gasteiger partial charge in [0.1, 0.15) is 0 Å². The molecule has 1 saturated carbocycles. The van der Waals surface area contributed by atoms with Crippen molar-refractivity contribution in [2.75, 3.05) is 0 Å². The molecule has 2 aliphatic rings. The van der Waals surface area contributed by atoms with Gasteiger partial charge in [-0.05, 0) is 57.3 Å². The van der Waals surface area contributed by atoms with Crippen molar-refractivity contribution in [3.05, 3.63) is 163 Å². The summed E-state index contributed by atoms with van der Waals surface area (Å²) in [6.45, 7) is 0. The van der Waals surface area contributed by atoms with Crippen LogP contribution in [0.4, 0.5) is 0 Å². The van der Waals surface area contributed by atoms with E-state index in [0.717, 1.165) is 27.5 Å². The lowest BCUT2D eigenvalue weighted by Gasteiger charge is -2.36. The highest BCUT2D eigenvalue weighted by Crippen LogP contribution is 2.61. The molecule has 1 spiro atoms. The smallest absolute Gasteiger partial charge is 0.235 e. The minimum absolute atomic E-state index is 0.0349. The monoisotopic (exact) mass is 677 g/mol. The first-order valence-electron chi connectivity index (χ1n) is 19.1. The van der Waals surface area contributed by atoms with Crippen molar-refractivity contribution < 1.29 is 0 Å². The first-order valence-corrected chi connectivity index (χ1v) is 19.1. The van der Waals surface area contributed by atoms with Gasteiger partial charge < -0.3 is 0 Å². The largest absolute Gasteiger partial charge is 0.277 e. The lowest BCUT2D eigenvalue weighted by atomic mass is 9.66. The lowest BCUT2D eigenvalue weighted by Crippen LogP contribution is -2.28. The minimum Gasteiger partial charge on any atom is -0.277 e. The first kappa shape index (κ1) is 29.3. The molecular weight excluding hydrogens is 643 g/mol. The number of aromatic nitrogens is 3. The average Bonchev–Trinajstić information content (AvgIpc) is 3.72. The number of benzene rings is 8. The summed E-state index contributed by atoms with van der Waals surface area (Å²) in [6, 6.07) is 55.7. The zero-order chi connectivity index (χ0) is 34.7. The Labute approximate surface area is 307 Å². The van der Waals surface area contributed by atoms with Gasteiger partial charge in [0.15, 0.2) is 0 Å². The molecule has 0 atom stereocenters. The number of hydrogen-bond acceptors (Lipinski definition) is 2. The second-order valence-corrected chi connectivity index (χ2v) is 15.1. The van der Waals surface area contributed by atoms with Crippen LogP contribution in [0.25, 0.3) is 93.4 Å². The second kappa shape index (κ2) is 10.8. The van der Waals surface area contributed by atoms with Crippen molar-refractivity contribution in [1.29, 1.82) is 0 Å². The van der Waals surface area contributed by atoms with Gasteiger partial charge in [-0.1, -0.05) is 165 Å². The van der Waals surface area contributed by atoms with E-state index < -0.39 is 0 Å². The normalized spacial score (nSPS) is 14.9. The van der Waals surface area contributed by atoms with Crippen LogP contribution in [0.3, 0.4) is 0 Å². The molecule has 0 aliphatic heterocycles. The van der Waals surface area contributed by atoms with E-state index in [-0.39, 0.29) is 5.41 Å². The molecule has 3 nitrogen and oxygen atoms in total. The van der Waals surface area contributed by atoms with Gasteiger partial charge >= 0.3 is 0 Å². The fourth-order valence-corrected chi connectivity index (χ4v) is 10.4. The molecule has 0 radical (unpaired) electrons. The summed E-state index contributed by atoms with van der Waals surface area (Å²) >= 11 is 0. The Bertz CT molecular complexity index is 3150. The predicted molar refractivity (Wildman–Crippen MR) is 221 cm³/mol. The van der Waals surface area contributed by atoms with Crippen LogP contribution in [0.1, 0.15) is 43.2 Å². The fourth-order valence-electron chi connectivity index (χ4n) is 10.4. The summed E-state index contributed by atoms with van der Waals surface area (Å²) in [5.74, 6) is 0.711. The Morgan fingerprint density at radius 2 is 1.11 bits per heavy atom. The third kappa shape index (κ3) is 3.89. The third-order valence-corrected chi connectivity index (χ3v) is 12.5. The van der Waals surface area contributed by atoms with E-state index in [9.17, 15) is 0 Å². The number of rotatable bonds is 2. The average molecular weight is 678 g/mol. The molecule has 3 heteroatoms. The molecule has 8 aromatic carbocycles. The van der Waals surface area contributed by atoms with Gasteiger partial charge in [-0.3, -0.25) is 4.57 Å². The van der Waals surface area contributed by atoms with Gasteiger partial charge in [0.2, 0.25) is 5.95 Å². The maximum atomic E-state index is 5.63. The predicted octanol–water partition coefficient (Wildman–Crippen LogP) is 13.1. The van der Waals surface area contributed by atoms with Crippen LogP contribution in [0.5, 0.6) is 0 Å².